The van der Waals surface area contributed by atoms with Gasteiger partial charge in [0.05, 0.1) is 6.10 Å². The largest absolute Gasteiger partial charge is 0.380 e. The molecule has 0 aromatic rings. The van der Waals surface area contributed by atoms with Crippen molar-refractivity contribution in [2.45, 2.75) is 38.3 Å². The number of terminal acetylenes is 1. The van der Waals surface area contributed by atoms with Gasteiger partial charge in [-0.2, -0.15) is 0 Å². The Balaban J connectivity index is 3.37. The summed E-state index contributed by atoms with van der Waals surface area (Å²) in [6.07, 6.45) is 7.98. The van der Waals surface area contributed by atoms with Crippen LogP contribution in [0.2, 0.25) is 0 Å². The molecule has 2 nitrogen and oxygen atoms in total. The number of methoxy groups -OCH3 is 1. The van der Waals surface area contributed by atoms with E-state index in [0.717, 1.165) is 19.3 Å². The van der Waals surface area contributed by atoms with E-state index in [0.29, 0.717) is 0 Å². The van der Waals surface area contributed by atoms with Crippen LogP contribution in [-0.4, -0.2) is 19.3 Å². The Morgan fingerprint density at radius 2 is 2.27 bits per heavy atom. The Bertz CT molecular complexity index is 128. The van der Waals surface area contributed by atoms with Gasteiger partial charge in [-0.25, -0.2) is 0 Å². The molecule has 0 aliphatic heterocycles. The summed E-state index contributed by atoms with van der Waals surface area (Å²) in [5, 5.41) is 0. The lowest BCUT2D eigenvalue weighted by Gasteiger charge is -2.17. The zero-order valence-electron chi connectivity index (χ0n) is 7.34. The SMILES string of the molecule is C#CCCCC(N)C(C)OC. The fourth-order valence-corrected chi connectivity index (χ4v) is 0.849. The van der Waals surface area contributed by atoms with Gasteiger partial charge in [-0.1, -0.05) is 0 Å². The van der Waals surface area contributed by atoms with Crippen molar-refractivity contribution in [1.29, 1.82) is 0 Å². The molecular formula is C9H17NO. The average Bonchev–Trinajstić information content (AvgIpc) is 2.03. The van der Waals surface area contributed by atoms with E-state index in [1.54, 1.807) is 7.11 Å². The first kappa shape index (κ1) is 10.5. The van der Waals surface area contributed by atoms with Crippen LogP contribution in [0.5, 0.6) is 0 Å². The standard InChI is InChI=1S/C9H17NO/c1-4-5-6-7-9(10)8(2)11-3/h1,8-9H,5-7,10H2,2-3H3. The maximum atomic E-state index is 5.77. The van der Waals surface area contributed by atoms with Crippen molar-refractivity contribution in [3.8, 4) is 12.3 Å². The molecule has 0 radical (unpaired) electrons. The quantitative estimate of drug-likeness (QED) is 0.477. The first-order valence-corrected chi connectivity index (χ1v) is 3.94. The van der Waals surface area contributed by atoms with Gasteiger partial charge in [0.25, 0.3) is 0 Å². The number of hydrogen-bond acceptors (Lipinski definition) is 2. The summed E-state index contributed by atoms with van der Waals surface area (Å²) in [4.78, 5) is 0. The van der Waals surface area contributed by atoms with Gasteiger partial charge < -0.3 is 10.5 Å². The molecule has 0 heterocycles. The van der Waals surface area contributed by atoms with E-state index in [9.17, 15) is 0 Å². The highest BCUT2D eigenvalue weighted by Crippen LogP contribution is 2.03. The summed E-state index contributed by atoms with van der Waals surface area (Å²) < 4.78 is 5.07. The number of ether oxygens (including phenoxy) is 1. The second-order valence-electron chi connectivity index (χ2n) is 2.70. The smallest absolute Gasteiger partial charge is 0.0694 e. The minimum Gasteiger partial charge on any atom is -0.380 e. The van der Waals surface area contributed by atoms with Crippen LogP contribution in [0.1, 0.15) is 26.2 Å². The maximum absolute atomic E-state index is 5.77. The molecule has 0 saturated heterocycles. The summed E-state index contributed by atoms with van der Waals surface area (Å²) in [5.41, 5.74) is 5.77. The van der Waals surface area contributed by atoms with Crippen molar-refractivity contribution >= 4 is 0 Å². The Kier molecular flexibility index (Phi) is 5.91. The van der Waals surface area contributed by atoms with Gasteiger partial charge in [0, 0.05) is 19.6 Å². The molecule has 0 aromatic heterocycles. The van der Waals surface area contributed by atoms with Gasteiger partial charge in [0.2, 0.25) is 0 Å². The number of unbranched alkanes of at least 4 members (excludes halogenated alkanes) is 1. The van der Waals surface area contributed by atoms with Crippen molar-refractivity contribution in [3.05, 3.63) is 0 Å². The molecule has 0 amide bonds. The summed E-state index contributed by atoms with van der Waals surface area (Å²) in [6, 6.07) is 0.119. The molecule has 2 heteroatoms. The van der Waals surface area contributed by atoms with E-state index in [1.165, 1.54) is 0 Å². The van der Waals surface area contributed by atoms with Crippen molar-refractivity contribution in [1.82, 2.24) is 0 Å². The van der Waals surface area contributed by atoms with E-state index < -0.39 is 0 Å². The van der Waals surface area contributed by atoms with E-state index >= 15 is 0 Å². The van der Waals surface area contributed by atoms with E-state index in [-0.39, 0.29) is 12.1 Å². The summed E-state index contributed by atoms with van der Waals surface area (Å²) in [7, 11) is 1.67. The van der Waals surface area contributed by atoms with Crippen LogP contribution < -0.4 is 5.73 Å². The summed E-state index contributed by atoms with van der Waals surface area (Å²) in [5.74, 6) is 2.58. The fourth-order valence-electron chi connectivity index (χ4n) is 0.849. The first-order valence-electron chi connectivity index (χ1n) is 3.94. The average molecular weight is 155 g/mol. The normalized spacial score (nSPS) is 15.5. The molecular weight excluding hydrogens is 138 g/mol. The maximum Gasteiger partial charge on any atom is 0.0694 e. The fraction of sp³-hybridized carbons (Fsp3) is 0.778. The molecule has 0 fully saturated rings. The third-order valence-corrected chi connectivity index (χ3v) is 1.83. The van der Waals surface area contributed by atoms with Crippen molar-refractivity contribution < 1.29 is 4.74 Å². The summed E-state index contributed by atoms with van der Waals surface area (Å²) >= 11 is 0. The third kappa shape index (κ3) is 4.83. The molecule has 0 saturated carbocycles. The van der Waals surface area contributed by atoms with Crippen LogP contribution in [-0.2, 0) is 4.74 Å². The zero-order valence-corrected chi connectivity index (χ0v) is 7.34. The Morgan fingerprint density at radius 3 is 2.73 bits per heavy atom. The molecule has 2 unspecified atom stereocenters. The minimum absolute atomic E-state index is 0.119. The van der Waals surface area contributed by atoms with Gasteiger partial charge in [-0.05, 0) is 19.8 Å². The predicted molar refractivity (Wildman–Crippen MR) is 47.1 cm³/mol. The van der Waals surface area contributed by atoms with Gasteiger partial charge in [0.1, 0.15) is 0 Å². The lowest BCUT2D eigenvalue weighted by molar-refractivity contribution is 0.0924. The van der Waals surface area contributed by atoms with Crippen molar-refractivity contribution in [2.24, 2.45) is 5.73 Å². The Morgan fingerprint density at radius 1 is 1.64 bits per heavy atom. The number of rotatable bonds is 5. The van der Waals surface area contributed by atoms with Crippen LogP contribution in [0.25, 0.3) is 0 Å². The monoisotopic (exact) mass is 155 g/mol. The second-order valence-corrected chi connectivity index (χ2v) is 2.70. The Hall–Kier alpha value is -0.520. The minimum atomic E-state index is 0.119. The van der Waals surface area contributed by atoms with Gasteiger partial charge in [0.15, 0.2) is 0 Å². The molecule has 0 aromatic carbocycles. The molecule has 2 atom stereocenters. The van der Waals surface area contributed by atoms with Gasteiger partial charge in [-0.3, -0.25) is 0 Å². The van der Waals surface area contributed by atoms with Crippen LogP contribution >= 0.6 is 0 Å². The van der Waals surface area contributed by atoms with E-state index in [1.807, 2.05) is 6.92 Å². The molecule has 0 aliphatic carbocycles. The van der Waals surface area contributed by atoms with Crippen LogP contribution in [0.3, 0.4) is 0 Å². The van der Waals surface area contributed by atoms with E-state index in [2.05, 4.69) is 5.92 Å². The molecule has 0 bridgehead atoms. The number of nitrogens with two attached hydrogens (primary N) is 1. The molecule has 2 N–H and O–H groups in total. The third-order valence-electron chi connectivity index (χ3n) is 1.83. The lowest BCUT2D eigenvalue weighted by atomic mass is 10.1. The topological polar surface area (TPSA) is 35.2 Å². The highest BCUT2D eigenvalue weighted by Gasteiger charge is 2.09. The van der Waals surface area contributed by atoms with Gasteiger partial charge >= 0.3 is 0 Å². The van der Waals surface area contributed by atoms with Gasteiger partial charge in [-0.15, -0.1) is 12.3 Å². The van der Waals surface area contributed by atoms with Crippen LogP contribution in [0, 0.1) is 12.3 Å². The van der Waals surface area contributed by atoms with Crippen LogP contribution in [0.15, 0.2) is 0 Å². The zero-order chi connectivity index (χ0) is 8.69. The molecule has 11 heavy (non-hydrogen) atoms. The molecule has 0 aliphatic rings. The highest BCUT2D eigenvalue weighted by molar-refractivity contribution is 4.84. The lowest BCUT2D eigenvalue weighted by Crippen LogP contribution is -2.33. The molecule has 0 spiro atoms. The Labute approximate surface area is 69.1 Å². The molecule has 0 rings (SSSR count). The van der Waals surface area contributed by atoms with Crippen molar-refractivity contribution in [3.63, 3.8) is 0 Å². The highest BCUT2D eigenvalue weighted by atomic mass is 16.5. The van der Waals surface area contributed by atoms with Crippen molar-refractivity contribution in [2.75, 3.05) is 7.11 Å². The predicted octanol–water partition coefficient (Wildman–Crippen LogP) is 1.15. The second kappa shape index (κ2) is 6.21. The van der Waals surface area contributed by atoms with Crippen LogP contribution in [0.4, 0.5) is 0 Å². The van der Waals surface area contributed by atoms with E-state index in [4.69, 9.17) is 16.9 Å². The summed E-state index contributed by atoms with van der Waals surface area (Å²) in [6.45, 7) is 1.97. The first-order chi connectivity index (χ1) is 5.22. The number of hydrogen-bond donors (Lipinski definition) is 1. The molecule has 64 valence electrons.